The molecule has 0 aliphatic carbocycles. The van der Waals surface area contributed by atoms with Crippen LogP contribution in [0.1, 0.15) is 19.3 Å². The van der Waals surface area contributed by atoms with Crippen molar-refractivity contribution in [2.45, 2.75) is 25.4 Å². The second kappa shape index (κ2) is 6.92. The third-order valence-electron chi connectivity index (χ3n) is 1.52. The summed E-state index contributed by atoms with van der Waals surface area (Å²) in [4.78, 5) is 21.1. The Labute approximate surface area is 82.1 Å². The van der Waals surface area contributed by atoms with Gasteiger partial charge >= 0.3 is 5.97 Å². The molecular weight excluding hydrogens is 186 g/mol. The molecule has 0 rings (SSSR count). The first-order valence-electron chi connectivity index (χ1n) is 4.19. The number of hydrogen-bond acceptors (Lipinski definition) is 3. The molecule has 14 heavy (non-hydrogen) atoms. The zero-order valence-corrected chi connectivity index (χ0v) is 7.69. The summed E-state index contributed by atoms with van der Waals surface area (Å²) in [5.74, 6) is 0.787. The van der Waals surface area contributed by atoms with Crippen LogP contribution in [0.2, 0.25) is 0 Å². The molecule has 1 atom stereocenters. The lowest BCUT2D eigenvalue weighted by atomic mass is 10.2. The van der Waals surface area contributed by atoms with Gasteiger partial charge in [0.1, 0.15) is 0 Å². The zero-order valence-electron chi connectivity index (χ0n) is 7.69. The maximum absolute atomic E-state index is 10.9. The van der Waals surface area contributed by atoms with Crippen molar-refractivity contribution in [3.05, 3.63) is 0 Å². The van der Waals surface area contributed by atoms with Crippen molar-refractivity contribution in [2.75, 3.05) is 6.54 Å². The van der Waals surface area contributed by atoms with Crippen LogP contribution >= 0.6 is 0 Å². The molecule has 5 nitrogen and oxygen atoms in total. The third kappa shape index (κ3) is 6.03. The van der Waals surface area contributed by atoms with Crippen molar-refractivity contribution in [1.29, 1.82) is 0 Å². The Morgan fingerprint density at radius 3 is 2.64 bits per heavy atom. The molecule has 0 aliphatic heterocycles. The first-order chi connectivity index (χ1) is 6.57. The lowest BCUT2D eigenvalue weighted by Gasteiger charge is -2.06. The van der Waals surface area contributed by atoms with E-state index in [4.69, 9.17) is 16.6 Å². The van der Waals surface area contributed by atoms with Crippen molar-refractivity contribution in [3.63, 3.8) is 0 Å². The number of carboxylic acids is 1. The molecule has 0 radical (unpaired) electrons. The van der Waals surface area contributed by atoms with Crippen LogP contribution < -0.4 is 5.32 Å². The zero-order chi connectivity index (χ0) is 11.0. The Hall–Kier alpha value is -1.54. The van der Waals surface area contributed by atoms with Crippen LogP contribution in [-0.4, -0.2) is 34.7 Å². The van der Waals surface area contributed by atoms with E-state index in [1.165, 1.54) is 0 Å². The molecule has 0 spiro atoms. The van der Waals surface area contributed by atoms with E-state index < -0.39 is 12.1 Å². The first-order valence-corrected chi connectivity index (χ1v) is 4.19. The second-order valence-electron chi connectivity index (χ2n) is 2.70. The summed E-state index contributed by atoms with van der Waals surface area (Å²) in [6.45, 7) is 0.136. The summed E-state index contributed by atoms with van der Waals surface area (Å²) >= 11 is 0. The Morgan fingerprint density at radius 1 is 1.50 bits per heavy atom. The van der Waals surface area contributed by atoms with Gasteiger partial charge in [-0.2, -0.15) is 0 Å². The van der Waals surface area contributed by atoms with Gasteiger partial charge in [0.25, 0.3) is 0 Å². The number of carbonyl (C=O) groups is 2. The minimum Gasteiger partial charge on any atom is -0.479 e. The highest BCUT2D eigenvalue weighted by molar-refractivity contribution is 5.76. The van der Waals surface area contributed by atoms with Crippen molar-refractivity contribution in [1.82, 2.24) is 5.32 Å². The quantitative estimate of drug-likeness (QED) is 0.496. The molecule has 0 bridgehead atoms. The standard InChI is InChI=1S/C9H13NO4/c1-2-3-4-8(12)10-6-5-7(11)9(13)14/h1,7,11H,3-6H2,(H,10,12)(H,13,14). The Bertz CT molecular complexity index is 244. The SMILES string of the molecule is C#CCCC(=O)NCCC(O)C(=O)O. The number of carbonyl (C=O) groups excluding carboxylic acids is 1. The first kappa shape index (κ1) is 12.5. The van der Waals surface area contributed by atoms with Crippen LogP contribution in [-0.2, 0) is 9.59 Å². The average molecular weight is 199 g/mol. The molecule has 0 aromatic carbocycles. The van der Waals surface area contributed by atoms with E-state index in [0.29, 0.717) is 6.42 Å². The van der Waals surface area contributed by atoms with Gasteiger partial charge in [0.05, 0.1) is 0 Å². The Morgan fingerprint density at radius 2 is 2.14 bits per heavy atom. The lowest BCUT2D eigenvalue weighted by molar-refractivity contribution is -0.147. The van der Waals surface area contributed by atoms with Crippen molar-refractivity contribution in [2.24, 2.45) is 0 Å². The number of terminal acetylenes is 1. The Kier molecular flexibility index (Phi) is 6.16. The minimum atomic E-state index is -1.43. The average Bonchev–Trinajstić information content (AvgIpc) is 2.14. The molecule has 0 saturated heterocycles. The van der Waals surface area contributed by atoms with Crippen LogP contribution in [0, 0.1) is 12.3 Å². The van der Waals surface area contributed by atoms with Crippen LogP contribution in [0.4, 0.5) is 0 Å². The number of aliphatic carboxylic acids is 1. The van der Waals surface area contributed by atoms with Gasteiger partial charge in [-0.1, -0.05) is 0 Å². The number of carboxylic acid groups (broad SMARTS) is 1. The fourth-order valence-corrected chi connectivity index (χ4v) is 0.746. The number of nitrogens with one attached hydrogen (secondary N) is 1. The fraction of sp³-hybridized carbons (Fsp3) is 0.556. The molecule has 0 saturated carbocycles. The highest BCUT2D eigenvalue weighted by Crippen LogP contribution is 1.91. The van der Waals surface area contributed by atoms with Crippen LogP contribution in [0.15, 0.2) is 0 Å². The number of rotatable bonds is 6. The van der Waals surface area contributed by atoms with Gasteiger partial charge in [-0.05, 0) is 0 Å². The van der Waals surface area contributed by atoms with Gasteiger partial charge in [0.15, 0.2) is 6.10 Å². The number of hydrogen-bond donors (Lipinski definition) is 3. The molecule has 5 heteroatoms. The molecule has 78 valence electrons. The number of amides is 1. The molecule has 1 unspecified atom stereocenters. The second-order valence-corrected chi connectivity index (χ2v) is 2.70. The van der Waals surface area contributed by atoms with Gasteiger partial charge in [-0.25, -0.2) is 4.79 Å². The van der Waals surface area contributed by atoms with Crippen LogP contribution in [0.25, 0.3) is 0 Å². The summed E-state index contributed by atoms with van der Waals surface area (Å²) in [7, 11) is 0. The van der Waals surface area contributed by atoms with E-state index in [9.17, 15) is 9.59 Å². The topological polar surface area (TPSA) is 86.6 Å². The predicted molar refractivity (Wildman–Crippen MR) is 49.3 cm³/mol. The van der Waals surface area contributed by atoms with Crippen LogP contribution in [0.5, 0.6) is 0 Å². The molecule has 1 amide bonds. The summed E-state index contributed by atoms with van der Waals surface area (Å²) < 4.78 is 0. The van der Waals surface area contributed by atoms with Crippen molar-refractivity contribution in [3.8, 4) is 12.3 Å². The van der Waals surface area contributed by atoms with Crippen molar-refractivity contribution >= 4 is 11.9 Å². The van der Waals surface area contributed by atoms with Crippen LogP contribution in [0.3, 0.4) is 0 Å². The Balaban J connectivity index is 3.50. The molecule has 0 aliphatic rings. The van der Waals surface area contributed by atoms with E-state index in [2.05, 4.69) is 11.2 Å². The molecule has 0 aromatic rings. The summed E-state index contributed by atoms with van der Waals surface area (Å²) in [6, 6.07) is 0. The summed E-state index contributed by atoms with van der Waals surface area (Å²) in [5, 5.41) is 19.6. The molecule has 0 heterocycles. The van der Waals surface area contributed by atoms with Gasteiger partial charge < -0.3 is 15.5 Å². The summed E-state index contributed by atoms with van der Waals surface area (Å²) in [6.07, 6.45) is 4.09. The largest absolute Gasteiger partial charge is 0.479 e. The molecule has 0 fully saturated rings. The fourth-order valence-electron chi connectivity index (χ4n) is 0.746. The number of aliphatic hydroxyl groups excluding tert-OH is 1. The normalized spacial score (nSPS) is 11.4. The maximum atomic E-state index is 10.9. The van der Waals surface area contributed by atoms with Gasteiger partial charge in [0, 0.05) is 25.8 Å². The third-order valence-corrected chi connectivity index (χ3v) is 1.52. The van der Waals surface area contributed by atoms with Gasteiger partial charge in [-0.3, -0.25) is 4.79 Å². The van der Waals surface area contributed by atoms with E-state index >= 15 is 0 Å². The van der Waals surface area contributed by atoms with Gasteiger partial charge in [-0.15, -0.1) is 12.3 Å². The van der Waals surface area contributed by atoms with E-state index in [0.717, 1.165) is 0 Å². The smallest absolute Gasteiger partial charge is 0.332 e. The van der Waals surface area contributed by atoms with Gasteiger partial charge in [0.2, 0.25) is 5.91 Å². The van der Waals surface area contributed by atoms with E-state index in [1.807, 2.05) is 0 Å². The highest BCUT2D eigenvalue weighted by atomic mass is 16.4. The van der Waals surface area contributed by atoms with Crippen molar-refractivity contribution < 1.29 is 19.8 Å². The highest BCUT2D eigenvalue weighted by Gasteiger charge is 2.12. The predicted octanol–water partition coefficient (Wildman–Crippen LogP) is -0.648. The summed E-state index contributed by atoms with van der Waals surface area (Å²) in [5.41, 5.74) is 0. The lowest BCUT2D eigenvalue weighted by Crippen LogP contribution is -2.29. The minimum absolute atomic E-state index is 0.00285. The van der Waals surface area contributed by atoms with E-state index in [-0.39, 0.29) is 25.3 Å². The number of aliphatic hydroxyl groups is 1. The molecule has 3 N–H and O–H groups in total. The van der Waals surface area contributed by atoms with E-state index in [1.54, 1.807) is 0 Å². The maximum Gasteiger partial charge on any atom is 0.332 e. The molecular formula is C9H13NO4. The molecule has 0 aromatic heterocycles. The monoisotopic (exact) mass is 199 g/mol.